The average Bonchev–Trinajstić information content (AvgIpc) is 3.04. The van der Waals surface area contributed by atoms with Crippen LogP contribution in [0.2, 0.25) is 0 Å². The second kappa shape index (κ2) is 7.24. The van der Waals surface area contributed by atoms with Crippen LogP contribution in [0.5, 0.6) is 0 Å². The predicted octanol–water partition coefficient (Wildman–Crippen LogP) is 3.59. The summed E-state index contributed by atoms with van der Waals surface area (Å²) < 4.78 is 13.6. The number of anilines is 2. The molecule has 0 aliphatic carbocycles. The van der Waals surface area contributed by atoms with Crippen LogP contribution in [-0.2, 0) is 9.59 Å². The molecule has 0 unspecified atom stereocenters. The zero-order valence-electron chi connectivity index (χ0n) is 16.7. The van der Waals surface area contributed by atoms with E-state index in [0.29, 0.717) is 28.2 Å². The number of hydrogen-bond acceptors (Lipinski definition) is 3. The third-order valence-electron chi connectivity index (χ3n) is 4.57. The molecular weight excluding hydrogens is 359 g/mol. The van der Waals surface area contributed by atoms with Crippen LogP contribution >= 0.6 is 0 Å². The van der Waals surface area contributed by atoms with Crippen LogP contribution < -0.4 is 16.0 Å². The lowest BCUT2D eigenvalue weighted by Crippen LogP contribution is -2.41. The number of hydrogen-bond donors (Lipinski definition) is 4. The van der Waals surface area contributed by atoms with Gasteiger partial charge in [0, 0.05) is 28.2 Å². The molecule has 2 amide bonds. The van der Waals surface area contributed by atoms with E-state index >= 15 is 0 Å². The largest absolute Gasteiger partial charge is 0.357 e. The molecular formula is C21H25FN4O2. The third-order valence-corrected chi connectivity index (χ3v) is 4.57. The lowest BCUT2D eigenvalue weighted by molar-refractivity contribution is -0.115. The zero-order valence-corrected chi connectivity index (χ0v) is 16.7. The van der Waals surface area contributed by atoms with Crippen molar-refractivity contribution < 1.29 is 14.0 Å². The molecule has 1 aliphatic heterocycles. The Morgan fingerprint density at radius 2 is 1.96 bits per heavy atom. The van der Waals surface area contributed by atoms with Gasteiger partial charge in [0.1, 0.15) is 5.82 Å². The smallest absolute Gasteiger partial charge is 0.256 e. The van der Waals surface area contributed by atoms with Gasteiger partial charge in [-0.05, 0) is 64.5 Å². The minimum Gasteiger partial charge on any atom is -0.357 e. The summed E-state index contributed by atoms with van der Waals surface area (Å²) in [5, 5.41) is 8.79. The van der Waals surface area contributed by atoms with Gasteiger partial charge < -0.3 is 20.9 Å². The number of aromatic amines is 1. The van der Waals surface area contributed by atoms with Crippen molar-refractivity contribution in [3.05, 3.63) is 46.5 Å². The summed E-state index contributed by atoms with van der Waals surface area (Å²) >= 11 is 0. The number of halogens is 1. The monoisotopic (exact) mass is 384 g/mol. The van der Waals surface area contributed by atoms with E-state index in [1.54, 1.807) is 12.1 Å². The predicted molar refractivity (Wildman–Crippen MR) is 110 cm³/mol. The summed E-state index contributed by atoms with van der Waals surface area (Å²) in [4.78, 5) is 27.8. The molecule has 7 heteroatoms. The second-order valence-electron chi connectivity index (χ2n) is 8.02. The molecule has 0 atom stereocenters. The highest BCUT2D eigenvalue weighted by Crippen LogP contribution is 2.35. The van der Waals surface area contributed by atoms with Crippen LogP contribution in [0.4, 0.5) is 15.8 Å². The second-order valence-corrected chi connectivity index (χ2v) is 8.02. The van der Waals surface area contributed by atoms with E-state index < -0.39 is 5.82 Å². The maximum Gasteiger partial charge on any atom is 0.256 e. The van der Waals surface area contributed by atoms with Gasteiger partial charge in [-0.25, -0.2) is 4.39 Å². The molecule has 0 saturated heterocycles. The van der Waals surface area contributed by atoms with Gasteiger partial charge in [-0.2, -0.15) is 0 Å². The minimum atomic E-state index is -0.403. The molecule has 0 bridgehead atoms. The highest BCUT2D eigenvalue weighted by atomic mass is 19.1. The number of amides is 2. The topological polar surface area (TPSA) is 86.0 Å². The van der Waals surface area contributed by atoms with Gasteiger partial charge in [0.2, 0.25) is 5.91 Å². The molecule has 2 heterocycles. The van der Waals surface area contributed by atoms with E-state index in [2.05, 4.69) is 20.9 Å². The molecule has 0 spiro atoms. The van der Waals surface area contributed by atoms with Gasteiger partial charge >= 0.3 is 0 Å². The number of carbonyl (C=O) groups is 2. The zero-order chi connectivity index (χ0) is 20.6. The van der Waals surface area contributed by atoms with Crippen molar-refractivity contribution in [1.29, 1.82) is 0 Å². The number of aryl methyl sites for hydroxylation is 1. The number of H-pyrrole nitrogens is 1. The van der Waals surface area contributed by atoms with Crippen LogP contribution in [0, 0.1) is 19.7 Å². The van der Waals surface area contributed by atoms with Crippen LogP contribution in [0.1, 0.15) is 43.3 Å². The first-order valence-corrected chi connectivity index (χ1v) is 9.12. The Labute approximate surface area is 163 Å². The molecule has 1 aromatic carbocycles. The summed E-state index contributed by atoms with van der Waals surface area (Å²) in [6.07, 6.45) is 1.69. The number of carbonyl (C=O) groups excluding carboxylic acids is 2. The van der Waals surface area contributed by atoms with Crippen LogP contribution in [0.25, 0.3) is 11.6 Å². The van der Waals surface area contributed by atoms with Crippen molar-refractivity contribution in [2.75, 3.05) is 17.2 Å². The van der Waals surface area contributed by atoms with E-state index in [4.69, 9.17) is 0 Å². The summed E-state index contributed by atoms with van der Waals surface area (Å²) in [5.74, 6) is -0.836. The molecule has 1 aliphatic rings. The average molecular weight is 384 g/mol. The Morgan fingerprint density at radius 3 is 2.64 bits per heavy atom. The van der Waals surface area contributed by atoms with E-state index in [0.717, 1.165) is 11.3 Å². The van der Waals surface area contributed by atoms with Crippen LogP contribution in [-0.4, -0.2) is 28.9 Å². The van der Waals surface area contributed by atoms with E-state index in [1.165, 1.54) is 12.1 Å². The molecule has 0 saturated carbocycles. The van der Waals surface area contributed by atoms with Gasteiger partial charge in [-0.1, -0.05) is 0 Å². The quantitative estimate of drug-likeness (QED) is 0.608. The number of benzene rings is 1. The van der Waals surface area contributed by atoms with Gasteiger partial charge in [0.15, 0.2) is 0 Å². The first kappa shape index (κ1) is 19.8. The Hall–Kier alpha value is -2.93. The lowest BCUT2D eigenvalue weighted by Gasteiger charge is -2.20. The molecule has 4 N–H and O–H groups in total. The molecule has 2 aromatic rings. The fourth-order valence-corrected chi connectivity index (χ4v) is 3.08. The van der Waals surface area contributed by atoms with Crippen molar-refractivity contribution >= 4 is 34.8 Å². The van der Waals surface area contributed by atoms with Crippen molar-refractivity contribution in [3.63, 3.8) is 0 Å². The fraction of sp³-hybridized carbons (Fsp3) is 0.333. The Bertz CT molecular complexity index is 983. The maximum absolute atomic E-state index is 13.6. The molecule has 3 rings (SSSR count). The summed E-state index contributed by atoms with van der Waals surface area (Å²) in [6, 6.07) is 4.19. The Balaban J connectivity index is 1.87. The molecule has 28 heavy (non-hydrogen) atoms. The van der Waals surface area contributed by atoms with Gasteiger partial charge in [0.25, 0.3) is 5.91 Å². The number of nitrogens with one attached hydrogen (secondary N) is 4. The van der Waals surface area contributed by atoms with E-state index in [9.17, 15) is 14.0 Å². The van der Waals surface area contributed by atoms with E-state index in [-0.39, 0.29) is 23.9 Å². The normalized spacial score (nSPS) is 14.9. The first-order chi connectivity index (χ1) is 13.0. The number of rotatable bonds is 4. The van der Waals surface area contributed by atoms with Crippen molar-refractivity contribution in [2.45, 2.75) is 40.2 Å². The van der Waals surface area contributed by atoms with E-state index in [1.807, 2.05) is 34.6 Å². The summed E-state index contributed by atoms with van der Waals surface area (Å²) in [6.45, 7) is 9.88. The maximum atomic E-state index is 13.6. The lowest BCUT2D eigenvalue weighted by atomic mass is 10.0. The molecule has 0 radical (unpaired) electrons. The summed E-state index contributed by atoms with van der Waals surface area (Å²) in [5.41, 5.74) is 4.30. The minimum absolute atomic E-state index is 0.148. The SMILES string of the molecule is Cc1[nH]c(/C=C2\C(=O)Nc3ccc(F)cc32)c(C)c1NC(=O)CNC(C)(C)C. The molecule has 148 valence electrons. The standard InChI is InChI=1S/C21H25FN4O2/c1-11-17(9-15-14-8-13(22)6-7-16(14)25-20(15)28)24-12(2)19(11)26-18(27)10-23-21(3,4)5/h6-9,23-24H,10H2,1-5H3,(H,25,28)(H,26,27)/b15-9-. The van der Waals surface area contributed by atoms with Gasteiger partial charge in [-0.15, -0.1) is 0 Å². The molecule has 0 fully saturated rings. The summed E-state index contributed by atoms with van der Waals surface area (Å²) in [7, 11) is 0. The fourth-order valence-electron chi connectivity index (χ4n) is 3.08. The third kappa shape index (κ3) is 4.14. The van der Waals surface area contributed by atoms with Crippen LogP contribution in [0.3, 0.4) is 0 Å². The molecule has 6 nitrogen and oxygen atoms in total. The Kier molecular flexibility index (Phi) is 5.12. The van der Waals surface area contributed by atoms with Crippen molar-refractivity contribution in [1.82, 2.24) is 10.3 Å². The number of aromatic nitrogens is 1. The Morgan fingerprint density at radius 1 is 1.25 bits per heavy atom. The van der Waals surface area contributed by atoms with Crippen molar-refractivity contribution in [2.24, 2.45) is 0 Å². The highest BCUT2D eigenvalue weighted by molar-refractivity contribution is 6.34. The van der Waals surface area contributed by atoms with Gasteiger partial charge in [0.05, 0.1) is 17.8 Å². The molecule has 1 aromatic heterocycles. The highest BCUT2D eigenvalue weighted by Gasteiger charge is 2.25. The number of fused-ring (bicyclic) bond motifs is 1. The van der Waals surface area contributed by atoms with Gasteiger partial charge in [-0.3, -0.25) is 9.59 Å². The van der Waals surface area contributed by atoms with Crippen LogP contribution in [0.15, 0.2) is 18.2 Å². The van der Waals surface area contributed by atoms with Crippen molar-refractivity contribution in [3.8, 4) is 0 Å². The first-order valence-electron chi connectivity index (χ1n) is 9.12.